The van der Waals surface area contributed by atoms with Crippen molar-refractivity contribution in [2.75, 3.05) is 12.3 Å². The molecule has 19 heavy (non-hydrogen) atoms. The minimum absolute atomic E-state index is 0.0101. The summed E-state index contributed by atoms with van der Waals surface area (Å²) in [6, 6.07) is -0.306. The fourth-order valence-corrected chi connectivity index (χ4v) is 4.19. The smallest absolute Gasteiger partial charge is 0.224 e. The summed E-state index contributed by atoms with van der Waals surface area (Å²) in [7, 11) is -3.34. The molecule has 1 amide bonds. The Morgan fingerprint density at radius 2 is 1.74 bits per heavy atom. The molecule has 1 fully saturated rings. The molecule has 5 nitrogen and oxygen atoms in total. The quantitative estimate of drug-likeness (QED) is 0.853. The van der Waals surface area contributed by atoms with Crippen LogP contribution in [-0.4, -0.2) is 43.1 Å². The van der Waals surface area contributed by atoms with Crippen LogP contribution < -0.4 is 4.72 Å². The van der Waals surface area contributed by atoms with Gasteiger partial charge in [-0.3, -0.25) is 4.79 Å². The maximum Gasteiger partial charge on any atom is 0.224 e. The molecule has 1 heterocycles. The van der Waals surface area contributed by atoms with Gasteiger partial charge in [0.1, 0.15) is 0 Å². The summed E-state index contributed by atoms with van der Waals surface area (Å²) in [5.74, 6) is 0.0798. The molecule has 0 aromatic rings. The SMILES string of the molecule is CC(C)(C)CS(=O)(=O)NC1CC(=O)N(C(C)(C)C)C1. The van der Waals surface area contributed by atoms with E-state index >= 15 is 0 Å². The summed E-state index contributed by atoms with van der Waals surface area (Å²) in [6.07, 6.45) is 0.251. The Balaban J connectivity index is 2.69. The van der Waals surface area contributed by atoms with Crippen molar-refractivity contribution in [3.05, 3.63) is 0 Å². The number of hydrogen-bond donors (Lipinski definition) is 1. The van der Waals surface area contributed by atoms with Gasteiger partial charge < -0.3 is 4.90 Å². The van der Waals surface area contributed by atoms with Gasteiger partial charge in [-0.05, 0) is 26.2 Å². The van der Waals surface area contributed by atoms with E-state index in [1.165, 1.54) is 0 Å². The number of carbonyl (C=O) groups is 1. The first-order chi connectivity index (χ1) is 8.30. The Morgan fingerprint density at radius 1 is 1.21 bits per heavy atom. The lowest BCUT2D eigenvalue weighted by molar-refractivity contribution is -0.131. The molecule has 1 N–H and O–H groups in total. The maximum atomic E-state index is 12.0. The van der Waals surface area contributed by atoms with Gasteiger partial charge in [-0.1, -0.05) is 20.8 Å². The molecular formula is C13H26N2O3S. The lowest BCUT2D eigenvalue weighted by Gasteiger charge is -2.32. The van der Waals surface area contributed by atoms with Gasteiger partial charge in [-0.25, -0.2) is 13.1 Å². The monoisotopic (exact) mass is 290 g/mol. The minimum atomic E-state index is -3.34. The highest BCUT2D eigenvalue weighted by Gasteiger charge is 2.38. The van der Waals surface area contributed by atoms with Gasteiger partial charge in [-0.15, -0.1) is 0 Å². The third-order valence-electron chi connectivity index (χ3n) is 2.90. The van der Waals surface area contributed by atoms with Crippen LogP contribution in [0.4, 0.5) is 0 Å². The van der Waals surface area contributed by atoms with Crippen molar-refractivity contribution in [2.45, 2.75) is 59.5 Å². The zero-order chi connectivity index (χ0) is 15.1. The summed E-state index contributed by atoms with van der Waals surface area (Å²) in [6.45, 7) is 12.0. The van der Waals surface area contributed by atoms with E-state index in [4.69, 9.17) is 0 Å². The van der Waals surface area contributed by atoms with E-state index in [1.54, 1.807) is 4.90 Å². The summed E-state index contributed by atoms with van der Waals surface area (Å²) in [4.78, 5) is 13.6. The zero-order valence-electron chi connectivity index (χ0n) is 12.8. The molecule has 0 spiro atoms. The van der Waals surface area contributed by atoms with Crippen molar-refractivity contribution in [1.82, 2.24) is 9.62 Å². The van der Waals surface area contributed by atoms with Gasteiger partial charge in [0.25, 0.3) is 0 Å². The van der Waals surface area contributed by atoms with Crippen LogP contribution in [0.2, 0.25) is 0 Å². The predicted molar refractivity (Wildman–Crippen MR) is 76.2 cm³/mol. The first kappa shape index (κ1) is 16.4. The highest BCUT2D eigenvalue weighted by molar-refractivity contribution is 7.89. The van der Waals surface area contributed by atoms with Gasteiger partial charge in [0, 0.05) is 24.5 Å². The number of sulfonamides is 1. The maximum absolute atomic E-state index is 12.0. The number of carbonyl (C=O) groups excluding carboxylic acids is 1. The van der Waals surface area contributed by atoms with E-state index in [0.29, 0.717) is 6.54 Å². The predicted octanol–water partition coefficient (Wildman–Crippen LogP) is 1.35. The third-order valence-corrected chi connectivity index (χ3v) is 4.84. The average molecular weight is 290 g/mol. The molecule has 1 aliphatic heterocycles. The summed E-state index contributed by atoms with van der Waals surface area (Å²) < 4.78 is 26.7. The molecule has 0 aliphatic carbocycles. The van der Waals surface area contributed by atoms with E-state index in [2.05, 4.69) is 4.72 Å². The van der Waals surface area contributed by atoms with Crippen molar-refractivity contribution in [2.24, 2.45) is 5.41 Å². The molecule has 1 rings (SSSR count). The molecule has 0 saturated carbocycles. The lowest BCUT2D eigenvalue weighted by Crippen LogP contribution is -2.45. The van der Waals surface area contributed by atoms with Crippen LogP contribution in [0.15, 0.2) is 0 Å². The summed E-state index contributed by atoms with van der Waals surface area (Å²) >= 11 is 0. The molecule has 1 aliphatic rings. The van der Waals surface area contributed by atoms with Crippen LogP contribution in [0.1, 0.15) is 48.0 Å². The summed E-state index contributed by atoms with van der Waals surface area (Å²) in [5, 5.41) is 0. The second-order valence-corrected chi connectivity index (χ2v) is 9.27. The number of rotatable bonds is 3. The highest BCUT2D eigenvalue weighted by Crippen LogP contribution is 2.23. The molecule has 0 bridgehead atoms. The van der Waals surface area contributed by atoms with E-state index in [9.17, 15) is 13.2 Å². The summed E-state index contributed by atoms with van der Waals surface area (Å²) in [5.41, 5.74) is -0.556. The topological polar surface area (TPSA) is 66.5 Å². The second kappa shape index (κ2) is 5.05. The van der Waals surface area contributed by atoms with E-state index in [0.717, 1.165) is 0 Å². The Hall–Kier alpha value is -0.620. The van der Waals surface area contributed by atoms with Gasteiger partial charge in [0.2, 0.25) is 15.9 Å². The fraction of sp³-hybridized carbons (Fsp3) is 0.923. The van der Waals surface area contributed by atoms with E-state index < -0.39 is 10.0 Å². The average Bonchev–Trinajstić information content (AvgIpc) is 2.39. The largest absolute Gasteiger partial charge is 0.336 e. The van der Waals surface area contributed by atoms with Crippen LogP contribution in [0, 0.1) is 5.41 Å². The Labute approximate surface area is 116 Å². The molecule has 1 unspecified atom stereocenters. The minimum Gasteiger partial charge on any atom is -0.336 e. The second-order valence-electron chi connectivity index (χ2n) is 7.51. The van der Waals surface area contributed by atoms with Gasteiger partial charge in [0.05, 0.1) is 5.75 Å². The molecule has 1 saturated heterocycles. The first-order valence-corrected chi connectivity index (χ1v) is 8.26. The van der Waals surface area contributed by atoms with Crippen LogP contribution in [-0.2, 0) is 14.8 Å². The number of nitrogens with zero attached hydrogens (tertiary/aromatic N) is 1. The van der Waals surface area contributed by atoms with Gasteiger partial charge in [0.15, 0.2) is 0 Å². The van der Waals surface area contributed by atoms with Crippen LogP contribution in [0.5, 0.6) is 0 Å². The highest BCUT2D eigenvalue weighted by atomic mass is 32.2. The number of hydrogen-bond acceptors (Lipinski definition) is 3. The number of likely N-dealkylation sites (tertiary alicyclic amines) is 1. The molecule has 0 aromatic carbocycles. The lowest BCUT2D eigenvalue weighted by atomic mass is 10.0. The molecule has 0 aromatic heterocycles. The van der Waals surface area contributed by atoms with Crippen molar-refractivity contribution in [3.63, 3.8) is 0 Å². The van der Waals surface area contributed by atoms with Crippen molar-refractivity contribution < 1.29 is 13.2 Å². The molecule has 1 atom stereocenters. The third kappa shape index (κ3) is 5.10. The zero-order valence-corrected chi connectivity index (χ0v) is 13.6. The van der Waals surface area contributed by atoms with E-state index in [-0.39, 0.29) is 35.1 Å². The Kier molecular flexibility index (Phi) is 4.37. The number of nitrogens with one attached hydrogen (secondary N) is 1. The van der Waals surface area contributed by atoms with E-state index in [1.807, 2.05) is 41.5 Å². The molecule has 112 valence electrons. The fourth-order valence-electron chi connectivity index (χ4n) is 2.30. The van der Waals surface area contributed by atoms with Crippen LogP contribution >= 0.6 is 0 Å². The molecule has 0 radical (unpaired) electrons. The van der Waals surface area contributed by atoms with Gasteiger partial charge in [-0.2, -0.15) is 0 Å². The molecular weight excluding hydrogens is 264 g/mol. The first-order valence-electron chi connectivity index (χ1n) is 6.61. The van der Waals surface area contributed by atoms with Crippen molar-refractivity contribution in [1.29, 1.82) is 0 Å². The Bertz CT molecular complexity index is 443. The van der Waals surface area contributed by atoms with Crippen molar-refractivity contribution in [3.8, 4) is 0 Å². The molecule has 6 heteroatoms. The number of amides is 1. The van der Waals surface area contributed by atoms with Crippen molar-refractivity contribution >= 4 is 15.9 Å². The normalized spacial score (nSPS) is 22.1. The van der Waals surface area contributed by atoms with Crippen LogP contribution in [0.25, 0.3) is 0 Å². The Morgan fingerprint density at radius 3 is 2.11 bits per heavy atom. The van der Waals surface area contributed by atoms with Crippen LogP contribution in [0.3, 0.4) is 0 Å². The van der Waals surface area contributed by atoms with Gasteiger partial charge >= 0.3 is 0 Å². The standard InChI is InChI=1S/C13H26N2O3S/c1-12(2,3)9-19(17,18)14-10-7-11(16)15(8-10)13(4,5)6/h10,14H,7-9H2,1-6H3.